The summed E-state index contributed by atoms with van der Waals surface area (Å²) in [6.07, 6.45) is 4.20. The fourth-order valence-electron chi connectivity index (χ4n) is 2.89. The summed E-state index contributed by atoms with van der Waals surface area (Å²) in [5.74, 6) is -0.709. The van der Waals surface area contributed by atoms with Crippen LogP contribution in [0.15, 0.2) is 0 Å². The van der Waals surface area contributed by atoms with E-state index in [0.717, 1.165) is 19.4 Å². The largest absolute Gasteiger partial charge is 0.481 e. The minimum absolute atomic E-state index is 0.0891. The van der Waals surface area contributed by atoms with E-state index in [9.17, 15) is 4.79 Å². The second-order valence-corrected chi connectivity index (χ2v) is 5.38. The first-order chi connectivity index (χ1) is 7.58. The molecule has 0 aromatic rings. The highest BCUT2D eigenvalue weighted by Crippen LogP contribution is 2.33. The Kier molecular flexibility index (Phi) is 3.50. The fourth-order valence-corrected chi connectivity index (χ4v) is 2.89. The Bertz CT molecular complexity index is 264. The molecule has 0 bridgehead atoms. The van der Waals surface area contributed by atoms with E-state index < -0.39 is 5.97 Å². The fraction of sp³-hybridized carbons (Fsp3) is 0.917. The standard InChI is InChI=1S/C12H22N2O2/c1-13-5-3-4-10(8-13)14(2)11-6-9(7-11)12(15)16/h9-11H,3-8H2,1-2H3,(H,15,16). The van der Waals surface area contributed by atoms with Crippen molar-refractivity contribution in [2.24, 2.45) is 5.92 Å². The monoisotopic (exact) mass is 226 g/mol. The zero-order valence-electron chi connectivity index (χ0n) is 10.2. The summed E-state index contributed by atoms with van der Waals surface area (Å²) in [6.45, 7) is 2.33. The molecular weight excluding hydrogens is 204 g/mol. The Morgan fingerprint density at radius 2 is 2.06 bits per heavy atom. The van der Waals surface area contributed by atoms with Gasteiger partial charge < -0.3 is 10.0 Å². The molecule has 2 aliphatic rings. The van der Waals surface area contributed by atoms with Gasteiger partial charge in [0.15, 0.2) is 0 Å². The average molecular weight is 226 g/mol. The van der Waals surface area contributed by atoms with E-state index in [-0.39, 0.29) is 5.92 Å². The second-order valence-electron chi connectivity index (χ2n) is 5.38. The molecule has 4 heteroatoms. The normalized spacial score (nSPS) is 36.1. The average Bonchev–Trinajstić information content (AvgIpc) is 2.14. The van der Waals surface area contributed by atoms with Gasteiger partial charge in [0.25, 0.3) is 0 Å². The lowest BCUT2D eigenvalue weighted by molar-refractivity contribution is -0.147. The highest BCUT2D eigenvalue weighted by molar-refractivity contribution is 5.71. The predicted octanol–water partition coefficient (Wildman–Crippen LogP) is 0.876. The summed E-state index contributed by atoms with van der Waals surface area (Å²) in [7, 11) is 4.33. The molecule has 0 amide bonds. The van der Waals surface area contributed by atoms with Crippen molar-refractivity contribution in [1.82, 2.24) is 9.80 Å². The lowest BCUT2D eigenvalue weighted by atomic mass is 9.78. The molecule has 1 aliphatic carbocycles. The molecule has 4 nitrogen and oxygen atoms in total. The van der Waals surface area contributed by atoms with Gasteiger partial charge in [0.05, 0.1) is 5.92 Å². The Labute approximate surface area is 97.2 Å². The summed E-state index contributed by atoms with van der Waals surface area (Å²) in [6, 6.07) is 1.12. The number of hydrogen-bond donors (Lipinski definition) is 1. The molecule has 0 spiro atoms. The molecular formula is C12H22N2O2. The van der Waals surface area contributed by atoms with Crippen LogP contribution in [0.2, 0.25) is 0 Å². The molecule has 2 rings (SSSR count). The van der Waals surface area contributed by atoms with Crippen LogP contribution in [0.1, 0.15) is 25.7 Å². The van der Waals surface area contributed by atoms with E-state index in [2.05, 4.69) is 23.9 Å². The lowest BCUT2D eigenvalue weighted by Gasteiger charge is -2.45. The van der Waals surface area contributed by atoms with Gasteiger partial charge in [-0.3, -0.25) is 9.69 Å². The van der Waals surface area contributed by atoms with Crippen LogP contribution in [0.25, 0.3) is 0 Å². The maximum Gasteiger partial charge on any atom is 0.306 e. The number of carbonyl (C=O) groups is 1. The third-order valence-corrected chi connectivity index (χ3v) is 4.21. The SMILES string of the molecule is CN1CCCC(N(C)C2CC(C(=O)O)C2)C1. The van der Waals surface area contributed by atoms with Gasteiger partial charge >= 0.3 is 5.97 Å². The Balaban J connectivity index is 1.80. The number of carboxylic acid groups (broad SMARTS) is 1. The zero-order chi connectivity index (χ0) is 11.7. The van der Waals surface area contributed by atoms with Crippen molar-refractivity contribution >= 4 is 5.97 Å². The van der Waals surface area contributed by atoms with E-state index >= 15 is 0 Å². The summed E-state index contributed by atoms with van der Waals surface area (Å²) in [5.41, 5.74) is 0. The second kappa shape index (κ2) is 4.72. The van der Waals surface area contributed by atoms with Crippen molar-refractivity contribution < 1.29 is 9.90 Å². The summed E-state index contributed by atoms with van der Waals surface area (Å²) >= 11 is 0. The van der Waals surface area contributed by atoms with Crippen LogP contribution in [-0.4, -0.2) is 60.1 Å². The van der Waals surface area contributed by atoms with E-state index in [1.807, 2.05) is 0 Å². The van der Waals surface area contributed by atoms with Gasteiger partial charge in [-0.15, -0.1) is 0 Å². The number of aliphatic carboxylic acids is 1. The molecule has 92 valence electrons. The van der Waals surface area contributed by atoms with Gasteiger partial charge in [-0.2, -0.15) is 0 Å². The Morgan fingerprint density at radius 1 is 1.38 bits per heavy atom. The smallest absolute Gasteiger partial charge is 0.306 e. The number of hydrogen-bond acceptors (Lipinski definition) is 3. The Morgan fingerprint density at radius 3 is 2.62 bits per heavy atom. The van der Waals surface area contributed by atoms with Crippen LogP contribution >= 0.6 is 0 Å². The topological polar surface area (TPSA) is 43.8 Å². The van der Waals surface area contributed by atoms with Gasteiger partial charge in [-0.25, -0.2) is 0 Å². The van der Waals surface area contributed by atoms with Crippen molar-refractivity contribution in [3.05, 3.63) is 0 Å². The first-order valence-electron chi connectivity index (χ1n) is 6.21. The maximum atomic E-state index is 10.8. The zero-order valence-corrected chi connectivity index (χ0v) is 10.2. The molecule has 0 aromatic carbocycles. The highest BCUT2D eigenvalue weighted by atomic mass is 16.4. The molecule has 16 heavy (non-hydrogen) atoms. The quantitative estimate of drug-likeness (QED) is 0.775. The molecule has 1 saturated heterocycles. The van der Waals surface area contributed by atoms with Gasteiger partial charge in [0.1, 0.15) is 0 Å². The molecule has 1 aliphatic heterocycles. The van der Waals surface area contributed by atoms with Crippen LogP contribution in [0.5, 0.6) is 0 Å². The maximum absolute atomic E-state index is 10.8. The number of piperidine rings is 1. The van der Waals surface area contributed by atoms with Gasteiger partial charge in [-0.05, 0) is 46.3 Å². The third kappa shape index (κ3) is 2.38. The minimum atomic E-state index is -0.620. The first kappa shape index (κ1) is 11.9. The van der Waals surface area contributed by atoms with Crippen LogP contribution in [-0.2, 0) is 4.79 Å². The molecule has 1 atom stereocenters. The lowest BCUT2D eigenvalue weighted by Crippen LogP contribution is -2.53. The summed E-state index contributed by atoms with van der Waals surface area (Å²) < 4.78 is 0. The van der Waals surface area contributed by atoms with Crippen molar-refractivity contribution in [1.29, 1.82) is 0 Å². The number of rotatable bonds is 3. The van der Waals surface area contributed by atoms with Crippen molar-refractivity contribution in [3.8, 4) is 0 Å². The van der Waals surface area contributed by atoms with Crippen molar-refractivity contribution in [2.75, 3.05) is 27.2 Å². The van der Waals surface area contributed by atoms with Gasteiger partial charge in [-0.1, -0.05) is 0 Å². The first-order valence-corrected chi connectivity index (χ1v) is 6.21. The number of likely N-dealkylation sites (N-methyl/N-ethyl adjacent to an activating group) is 2. The van der Waals surface area contributed by atoms with Crippen molar-refractivity contribution in [2.45, 2.75) is 37.8 Å². The third-order valence-electron chi connectivity index (χ3n) is 4.21. The van der Waals surface area contributed by atoms with Crippen LogP contribution < -0.4 is 0 Å². The predicted molar refractivity (Wildman–Crippen MR) is 62.4 cm³/mol. The van der Waals surface area contributed by atoms with Crippen LogP contribution in [0, 0.1) is 5.92 Å². The van der Waals surface area contributed by atoms with E-state index in [1.165, 1.54) is 19.4 Å². The number of nitrogens with zero attached hydrogens (tertiary/aromatic N) is 2. The van der Waals surface area contributed by atoms with Crippen molar-refractivity contribution in [3.63, 3.8) is 0 Å². The summed E-state index contributed by atoms with van der Waals surface area (Å²) in [5, 5.41) is 8.86. The molecule has 2 fully saturated rings. The molecule has 1 heterocycles. The van der Waals surface area contributed by atoms with E-state index in [4.69, 9.17) is 5.11 Å². The van der Waals surface area contributed by atoms with Crippen LogP contribution in [0.4, 0.5) is 0 Å². The van der Waals surface area contributed by atoms with E-state index in [1.54, 1.807) is 0 Å². The minimum Gasteiger partial charge on any atom is -0.481 e. The molecule has 0 radical (unpaired) electrons. The number of carboxylic acids is 1. The molecule has 1 saturated carbocycles. The molecule has 1 N–H and O–H groups in total. The van der Waals surface area contributed by atoms with E-state index in [0.29, 0.717) is 12.1 Å². The molecule has 0 aromatic heterocycles. The Hall–Kier alpha value is -0.610. The summed E-state index contributed by atoms with van der Waals surface area (Å²) in [4.78, 5) is 15.5. The number of likely N-dealkylation sites (tertiary alicyclic amines) is 1. The molecule has 1 unspecified atom stereocenters. The van der Waals surface area contributed by atoms with Gasteiger partial charge in [0.2, 0.25) is 0 Å². The highest BCUT2D eigenvalue weighted by Gasteiger charge is 2.39. The van der Waals surface area contributed by atoms with Gasteiger partial charge in [0, 0.05) is 18.6 Å². The van der Waals surface area contributed by atoms with Crippen LogP contribution in [0.3, 0.4) is 0 Å².